The maximum Gasteiger partial charge on any atom is 0.692 e. The lowest BCUT2D eigenvalue weighted by molar-refractivity contribution is 0.405. The van der Waals surface area contributed by atoms with Gasteiger partial charge >= 0.3 is 8.25 Å². The van der Waals surface area contributed by atoms with Crippen LogP contribution in [0, 0.1) is 5.92 Å². The summed E-state index contributed by atoms with van der Waals surface area (Å²) in [5.74, 6) is 1.01. The zero-order valence-corrected chi connectivity index (χ0v) is 11.2. The van der Waals surface area contributed by atoms with Crippen LogP contribution in [0.25, 0.3) is 0 Å². The summed E-state index contributed by atoms with van der Waals surface area (Å²) in [5, 5.41) is 0. The van der Waals surface area contributed by atoms with E-state index in [0.29, 0.717) is 0 Å². The van der Waals surface area contributed by atoms with Crippen molar-refractivity contribution in [3.8, 4) is 0 Å². The molecule has 0 bridgehead atoms. The maximum atomic E-state index is 8.70. The molecule has 0 aromatic heterocycles. The zero-order chi connectivity index (χ0) is 12.1. The van der Waals surface area contributed by atoms with E-state index in [1.807, 2.05) is 0 Å². The molecular formula is C11H26O3P+. The van der Waals surface area contributed by atoms with Crippen LogP contribution >= 0.6 is 8.25 Å². The Morgan fingerprint density at radius 2 is 1.47 bits per heavy atom. The molecule has 4 heteroatoms. The van der Waals surface area contributed by atoms with Crippen molar-refractivity contribution in [2.24, 2.45) is 5.92 Å². The highest BCUT2D eigenvalue weighted by Gasteiger charge is 2.01. The molecular weight excluding hydrogens is 211 g/mol. The van der Waals surface area contributed by atoms with Gasteiger partial charge in [0.15, 0.2) is 0 Å². The van der Waals surface area contributed by atoms with Crippen molar-refractivity contribution in [3.63, 3.8) is 0 Å². The van der Waals surface area contributed by atoms with Gasteiger partial charge in [0.1, 0.15) is 0 Å². The van der Waals surface area contributed by atoms with Crippen LogP contribution in [-0.4, -0.2) is 9.79 Å². The van der Waals surface area contributed by atoms with Crippen molar-refractivity contribution in [2.45, 2.75) is 65.7 Å². The van der Waals surface area contributed by atoms with Gasteiger partial charge in [-0.2, -0.15) is 0 Å². The molecule has 0 aliphatic rings. The normalized spacial score (nSPS) is 9.73. The van der Waals surface area contributed by atoms with E-state index in [9.17, 15) is 0 Å². The van der Waals surface area contributed by atoms with Crippen LogP contribution in [0.1, 0.15) is 65.7 Å². The van der Waals surface area contributed by atoms with Gasteiger partial charge in [-0.15, -0.1) is 9.79 Å². The van der Waals surface area contributed by atoms with Crippen LogP contribution < -0.4 is 0 Å². The molecule has 0 atom stereocenters. The molecule has 15 heavy (non-hydrogen) atoms. The van der Waals surface area contributed by atoms with E-state index in [-0.39, 0.29) is 0 Å². The Labute approximate surface area is 94.9 Å². The predicted octanol–water partition coefficient (Wildman–Crippen LogP) is 4.02. The molecule has 0 unspecified atom stereocenters. The fraction of sp³-hybridized carbons (Fsp3) is 1.00. The van der Waals surface area contributed by atoms with Crippen LogP contribution in [0.2, 0.25) is 0 Å². The van der Waals surface area contributed by atoms with Crippen LogP contribution in [0.5, 0.6) is 0 Å². The minimum absolute atomic E-state index is 1.01. The van der Waals surface area contributed by atoms with Crippen LogP contribution in [0.15, 0.2) is 0 Å². The summed E-state index contributed by atoms with van der Waals surface area (Å²) in [7, 11) is -2.87. The van der Waals surface area contributed by atoms with Gasteiger partial charge in [0.05, 0.1) is 0 Å². The maximum absolute atomic E-state index is 8.70. The first kappa shape index (κ1) is 17.4. The highest BCUT2D eigenvalue weighted by Crippen LogP contribution is 2.16. The zero-order valence-electron chi connectivity index (χ0n) is 10.3. The topological polar surface area (TPSA) is 57.5 Å². The van der Waals surface area contributed by atoms with E-state index in [0.717, 1.165) is 5.92 Å². The molecule has 2 N–H and O–H groups in total. The minimum atomic E-state index is -2.87. The molecule has 0 spiro atoms. The van der Waals surface area contributed by atoms with Gasteiger partial charge in [-0.05, 0) is 5.92 Å². The van der Waals surface area contributed by atoms with Crippen LogP contribution in [0.3, 0.4) is 0 Å². The van der Waals surface area contributed by atoms with E-state index in [4.69, 9.17) is 14.4 Å². The average molecular weight is 237 g/mol. The molecule has 0 fully saturated rings. The molecule has 0 heterocycles. The summed E-state index contributed by atoms with van der Waals surface area (Å²) in [6, 6.07) is 0. The Morgan fingerprint density at radius 1 is 1.00 bits per heavy atom. The third-order valence-electron chi connectivity index (χ3n) is 2.62. The lowest BCUT2D eigenvalue weighted by Gasteiger charge is -2.10. The average Bonchev–Trinajstić information content (AvgIpc) is 2.17. The molecule has 92 valence electrons. The molecule has 0 radical (unpaired) electrons. The van der Waals surface area contributed by atoms with E-state index in [1.165, 1.54) is 44.9 Å². The van der Waals surface area contributed by atoms with Gasteiger partial charge in [0.2, 0.25) is 0 Å². The standard InChI is InChI=1S/C11H24.HO3P/c1-4-7-8-9-10-11(5-2)6-3;1-4(2)3/h11H,4-10H2,1-3H3;(H-,1,2,3)/p+1. The van der Waals surface area contributed by atoms with Gasteiger partial charge in [-0.1, -0.05) is 65.7 Å². The molecule has 0 saturated heterocycles. The first-order valence-corrected chi connectivity index (χ1v) is 7.09. The van der Waals surface area contributed by atoms with Crippen LogP contribution in [-0.2, 0) is 4.57 Å². The highest BCUT2D eigenvalue weighted by molar-refractivity contribution is 7.30. The Balaban J connectivity index is 0. The summed E-state index contributed by atoms with van der Waals surface area (Å²) in [5.41, 5.74) is 0. The molecule has 0 aromatic carbocycles. The minimum Gasteiger partial charge on any atom is -0.134 e. The van der Waals surface area contributed by atoms with Gasteiger partial charge in [0, 0.05) is 4.57 Å². The molecule has 0 rings (SSSR count). The first-order valence-electron chi connectivity index (χ1n) is 5.93. The van der Waals surface area contributed by atoms with E-state index < -0.39 is 8.25 Å². The summed E-state index contributed by atoms with van der Waals surface area (Å²) >= 11 is 0. The Morgan fingerprint density at radius 3 is 1.80 bits per heavy atom. The monoisotopic (exact) mass is 237 g/mol. The SMILES string of the molecule is CCCCCCC(CC)CC.O=[P+](O)O. The number of unbranched alkanes of at least 4 members (excludes halogenated alkanes) is 3. The third kappa shape index (κ3) is 20.2. The number of hydrogen-bond donors (Lipinski definition) is 2. The molecule has 0 aliphatic heterocycles. The fourth-order valence-corrected chi connectivity index (χ4v) is 1.56. The van der Waals surface area contributed by atoms with Crippen molar-refractivity contribution in [2.75, 3.05) is 0 Å². The summed E-state index contributed by atoms with van der Waals surface area (Å²) < 4.78 is 8.70. The Hall–Kier alpha value is 0.0200. The molecule has 0 aromatic rings. The van der Waals surface area contributed by atoms with Crippen molar-refractivity contribution in [1.82, 2.24) is 0 Å². The Bertz CT molecular complexity index is 132. The third-order valence-corrected chi connectivity index (χ3v) is 2.62. The Kier molecular flexibility index (Phi) is 16.3. The number of rotatable bonds is 7. The quantitative estimate of drug-likeness (QED) is 0.519. The number of hydrogen-bond acceptors (Lipinski definition) is 1. The summed E-state index contributed by atoms with van der Waals surface area (Å²) in [6.07, 6.45) is 9.93. The van der Waals surface area contributed by atoms with Crippen molar-refractivity contribution in [3.05, 3.63) is 0 Å². The lowest BCUT2D eigenvalue weighted by atomic mass is 9.96. The predicted molar refractivity (Wildman–Crippen MR) is 64.9 cm³/mol. The smallest absolute Gasteiger partial charge is 0.134 e. The van der Waals surface area contributed by atoms with Crippen molar-refractivity contribution in [1.29, 1.82) is 0 Å². The van der Waals surface area contributed by atoms with E-state index in [2.05, 4.69) is 20.8 Å². The summed E-state index contributed by atoms with van der Waals surface area (Å²) in [6.45, 7) is 6.90. The van der Waals surface area contributed by atoms with Gasteiger partial charge in [-0.3, -0.25) is 0 Å². The molecule has 0 amide bonds. The van der Waals surface area contributed by atoms with Crippen LogP contribution in [0.4, 0.5) is 0 Å². The van der Waals surface area contributed by atoms with Crippen molar-refractivity contribution >= 4 is 8.25 Å². The van der Waals surface area contributed by atoms with Crippen molar-refractivity contribution < 1.29 is 14.4 Å². The molecule has 0 saturated carbocycles. The molecule has 0 aliphatic carbocycles. The largest absolute Gasteiger partial charge is 0.692 e. The second kappa shape index (κ2) is 14.0. The van der Waals surface area contributed by atoms with E-state index >= 15 is 0 Å². The molecule has 3 nitrogen and oxygen atoms in total. The van der Waals surface area contributed by atoms with Gasteiger partial charge in [-0.25, -0.2) is 0 Å². The second-order valence-electron chi connectivity index (χ2n) is 3.78. The lowest BCUT2D eigenvalue weighted by Crippen LogP contribution is -1.95. The second-order valence-corrected chi connectivity index (χ2v) is 4.29. The van der Waals surface area contributed by atoms with Gasteiger partial charge < -0.3 is 0 Å². The fourth-order valence-electron chi connectivity index (χ4n) is 1.56. The summed E-state index contributed by atoms with van der Waals surface area (Å²) in [4.78, 5) is 14.2. The first-order chi connectivity index (χ1) is 7.08. The van der Waals surface area contributed by atoms with E-state index in [1.54, 1.807) is 0 Å². The van der Waals surface area contributed by atoms with Gasteiger partial charge in [0.25, 0.3) is 0 Å². The highest BCUT2D eigenvalue weighted by atomic mass is 31.1.